The topological polar surface area (TPSA) is 66.5 Å². The van der Waals surface area contributed by atoms with Gasteiger partial charge in [-0.3, -0.25) is 4.79 Å². The average molecular weight is 360 g/mol. The minimum atomic E-state index is -3.11. The molecule has 0 aromatic heterocycles. The molecular formula is C19H24N2O3S. The number of para-hydroxylation sites is 1. The Morgan fingerprint density at radius 3 is 2.48 bits per heavy atom. The quantitative estimate of drug-likeness (QED) is 0.735. The van der Waals surface area contributed by atoms with Gasteiger partial charge in [0, 0.05) is 37.6 Å². The van der Waals surface area contributed by atoms with E-state index in [2.05, 4.69) is 10.2 Å². The van der Waals surface area contributed by atoms with Gasteiger partial charge in [0.1, 0.15) is 0 Å². The fraction of sp³-hybridized carbons (Fsp3) is 0.316. The molecular weight excluding hydrogens is 336 g/mol. The van der Waals surface area contributed by atoms with Crippen molar-refractivity contribution in [2.45, 2.75) is 12.2 Å². The van der Waals surface area contributed by atoms with Gasteiger partial charge >= 0.3 is 0 Å². The second-order valence-electron chi connectivity index (χ2n) is 6.14. The van der Waals surface area contributed by atoms with Crippen molar-refractivity contribution in [1.82, 2.24) is 5.32 Å². The predicted molar refractivity (Wildman–Crippen MR) is 102 cm³/mol. The molecule has 2 aromatic rings. The van der Waals surface area contributed by atoms with Gasteiger partial charge in [0.2, 0.25) is 0 Å². The standard InChI is InChI=1S/C19H24N2O3S/c1-21(18-10-4-3-5-11-18)13-7-12-20-19(22)17-9-6-8-16(14-17)15-25(2,23)24/h3-6,8-11,14H,7,12-13,15H2,1-2H3,(H,20,22). The highest BCUT2D eigenvalue weighted by molar-refractivity contribution is 7.89. The number of rotatable bonds is 8. The molecule has 0 radical (unpaired) electrons. The highest BCUT2D eigenvalue weighted by Gasteiger charge is 2.09. The molecule has 0 aliphatic heterocycles. The predicted octanol–water partition coefficient (Wildman–Crippen LogP) is 2.49. The van der Waals surface area contributed by atoms with Crippen LogP contribution >= 0.6 is 0 Å². The van der Waals surface area contributed by atoms with Gasteiger partial charge in [0.15, 0.2) is 9.84 Å². The SMILES string of the molecule is CN(CCCNC(=O)c1cccc(CS(C)(=O)=O)c1)c1ccccc1. The fourth-order valence-electron chi connectivity index (χ4n) is 2.54. The highest BCUT2D eigenvalue weighted by Crippen LogP contribution is 2.11. The van der Waals surface area contributed by atoms with Crippen molar-refractivity contribution in [3.63, 3.8) is 0 Å². The largest absolute Gasteiger partial charge is 0.375 e. The maximum atomic E-state index is 12.2. The zero-order chi connectivity index (χ0) is 18.3. The fourth-order valence-corrected chi connectivity index (χ4v) is 3.32. The number of hydrogen-bond acceptors (Lipinski definition) is 4. The Labute approximate surface area is 149 Å². The molecule has 1 N–H and O–H groups in total. The summed E-state index contributed by atoms with van der Waals surface area (Å²) in [5.74, 6) is -0.242. The maximum absolute atomic E-state index is 12.2. The smallest absolute Gasteiger partial charge is 0.251 e. The van der Waals surface area contributed by atoms with Crippen LogP contribution < -0.4 is 10.2 Å². The Morgan fingerprint density at radius 1 is 1.08 bits per heavy atom. The lowest BCUT2D eigenvalue weighted by Gasteiger charge is -2.19. The van der Waals surface area contributed by atoms with Gasteiger partial charge in [-0.05, 0) is 36.2 Å². The molecule has 0 aliphatic carbocycles. The number of anilines is 1. The van der Waals surface area contributed by atoms with Crippen LogP contribution in [0.2, 0.25) is 0 Å². The molecule has 0 aliphatic rings. The Kier molecular flexibility index (Phi) is 6.58. The van der Waals surface area contributed by atoms with E-state index in [0.717, 1.165) is 18.7 Å². The van der Waals surface area contributed by atoms with Gasteiger partial charge in [-0.2, -0.15) is 0 Å². The number of nitrogens with one attached hydrogen (secondary N) is 1. The second-order valence-corrected chi connectivity index (χ2v) is 8.28. The van der Waals surface area contributed by atoms with E-state index in [0.29, 0.717) is 17.7 Å². The Morgan fingerprint density at radius 2 is 1.80 bits per heavy atom. The number of sulfone groups is 1. The van der Waals surface area contributed by atoms with Crippen LogP contribution in [0.15, 0.2) is 54.6 Å². The molecule has 0 unspecified atom stereocenters. The molecule has 5 nitrogen and oxygen atoms in total. The van der Waals surface area contributed by atoms with Crippen LogP contribution in [0.25, 0.3) is 0 Å². The molecule has 2 aromatic carbocycles. The summed E-state index contributed by atoms with van der Waals surface area (Å²) in [6.45, 7) is 1.39. The summed E-state index contributed by atoms with van der Waals surface area (Å²) in [6.07, 6.45) is 2.00. The number of amides is 1. The van der Waals surface area contributed by atoms with Crippen LogP contribution in [0.4, 0.5) is 5.69 Å². The van der Waals surface area contributed by atoms with Gasteiger partial charge in [-0.15, -0.1) is 0 Å². The van der Waals surface area contributed by atoms with E-state index in [-0.39, 0.29) is 11.7 Å². The molecule has 0 bridgehead atoms. The van der Waals surface area contributed by atoms with E-state index >= 15 is 0 Å². The summed E-state index contributed by atoms with van der Waals surface area (Å²) in [6, 6.07) is 16.8. The Hall–Kier alpha value is -2.34. The number of nitrogens with zero attached hydrogens (tertiary/aromatic N) is 1. The first-order valence-corrected chi connectivity index (χ1v) is 10.2. The van der Waals surface area contributed by atoms with Crippen molar-refractivity contribution < 1.29 is 13.2 Å². The molecule has 2 rings (SSSR count). The van der Waals surface area contributed by atoms with Crippen molar-refractivity contribution in [2.24, 2.45) is 0 Å². The van der Waals surface area contributed by atoms with Crippen molar-refractivity contribution in [3.05, 3.63) is 65.7 Å². The van der Waals surface area contributed by atoms with E-state index in [1.54, 1.807) is 24.3 Å². The number of benzene rings is 2. The first-order chi connectivity index (χ1) is 11.8. The van der Waals surface area contributed by atoms with Crippen molar-refractivity contribution in [1.29, 1.82) is 0 Å². The first kappa shape index (κ1) is 19.0. The molecule has 0 atom stereocenters. The molecule has 0 saturated heterocycles. The van der Waals surface area contributed by atoms with Gasteiger partial charge in [-0.1, -0.05) is 30.3 Å². The summed E-state index contributed by atoms with van der Waals surface area (Å²) in [4.78, 5) is 14.3. The third-order valence-corrected chi connectivity index (χ3v) is 4.63. The summed E-state index contributed by atoms with van der Waals surface area (Å²) >= 11 is 0. The third-order valence-electron chi connectivity index (χ3n) is 3.77. The molecule has 25 heavy (non-hydrogen) atoms. The van der Waals surface area contributed by atoms with Gasteiger partial charge in [-0.25, -0.2) is 8.42 Å². The van der Waals surface area contributed by atoms with Crippen LogP contribution in [0.5, 0.6) is 0 Å². The minimum absolute atomic E-state index is 0.0595. The van der Waals surface area contributed by atoms with E-state index in [9.17, 15) is 13.2 Å². The summed E-state index contributed by atoms with van der Waals surface area (Å²) in [5, 5.41) is 2.88. The normalized spacial score (nSPS) is 11.1. The molecule has 6 heteroatoms. The van der Waals surface area contributed by atoms with E-state index < -0.39 is 9.84 Å². The van der Waals surface area contributed by atoms with E-state index in [4.69, 9.17) is 0 Å². The molecule has 0 saturated carbocycles. The lowest BCUT2D eigenvalue weighted by atomic mass is 10.1. The summed E-state index contributed by atoms with van der Waals surface area (Å²) in [7, 11) is -1.09. The van der Waals surface area contributed by atoms with Gasteiger partial charge in [0.25, 0.3) is 5.91 Å². The van der Waals surface area contributed by atoms with Crippen LogP contribution in [0.3, 0.4) is 0 Å². The van der Waals surface area contributed by atoms with Crippen molar-refractivity contribution in [3.8, 4) is 0 Å². The number of carbonyl (C=O) groups excluding carboxylic acids is 1. The monoisotopic (exact) mass is 360 g/mol. The molecule has 0 heterocycles. The number of hydrogen-bond donors (Lipinski definition) is 1. The maximum Gasteiger partial charge on any atom is 0.251 e. The Bertz CT molecular complexity index is 804. The third kappa shape index (κ3) is 6.58. The zero-order valence-corrected chi connectivity index (χ0v) is 15.4. The van der Waals surface area contributed by atoms with Crippen LogP contribution in [0, 0.1) is 0 Å². The number of carbonyl (C=O) groups is 1. The lowest BCUT2D eigenvalue weighted by molar-refractivity contribution is 0.0953. The average Bonchev–Trinajstić information content (AvgIpc) is 2.58. The summed E-state index contributed by atoms with van der Waals surface area (Å²) < 4.78 is 22.7. The second kappa shape index (κ2) is 8.67. The molecule has 134 valence electrons. The summed E-state index contributed by atoms with van der Waals surface area (Å²) in [5.41, 5.74) is 2.25. The molecule has 0 spiro atoms. The van der Waals surface area contributed by atoms with Crippen LogP contribution in [-0.4, -0.2) is 40.7 Å². The zero-order valence-electron chi connectivity index (χ0n) is 14.6. The minimum Gasteiger partial charge on any atom is -0.375 e. The molecule has 1 amide bonds. The van der Waals surface area contributed by atoms with Crippen LogP contribution in [0.1, 0.15) is 22.3 Å². The Balaban J connectivity index is 1.81. The van der Waals surface area contributed by atoms with Crippen molar-refractivity contribution >= 4 is 21.4 Å². The molecule has 0 fully saturated rings. The van der Waals surface area contributed by atoms with Gasteiger partial charge in [0.05, 0.1) is 5.75 Å². The van der Waals surface area contributed by atoms with E-state index in [1.807, 2.05) is 37.4 Å². The van der Waals surface area contributed by atoms with Gasteiger partial charge < -0.3 is 10.2 Å². The van der Waals surface area contributed by atoms with Crippen LogP contribution in [-0.2, 0) is 15.6 Å². The highest BCUT2D eigenvalue weighted by atomic mass is 32.2. The van der Waals surface area contributed by atoms with Crippen molar-refractivity contribution in [2.75, 3.05) is 31.3 Å². The first-order valence-electron chi connectivity index (χ1n) is 8.16. The lowest BCUT2D eigenvalue weighted by Crippen LogP contribution is -2.28. The van der Waals surface area contributed by atoms with E-state index in [1.165, 1.54) is 6.26 Å².